The van der Waals surface area contributed by atoms with Crippen LogP contribution in [0.5, 0.6) is 0 Å². The highest BCUT2D eigenvalue weighted by Gasteiger charge is 2.17. The molecule has 0 aliphatic carbocycles. The predicted octanol–water partition coefficient (Wildman–Crippen LogP) is 3.79. The second-order valence-electron chi connectivity index (χ2n) is 6.09. The largest absolute Gasteiger partial charge is 0.477 e. The van der Waals surface area contributed by atoms with Crippen molar-refractivity contribution in [3.8, 4) is 17.0 Å². The molecule has 2 aromatic heterocycles. The number of nitrogens with zero attached hydrogens (tertiary/aromatic N) is 2. The standard InChI is InChI=1S/C20H13FN2O4/c1-11-8-18(27-22-11)12-2-7-15-17(9-12)23(10-16(19(15)24)20(25)26)14-5-3-13(21)4-6-14/h2-10H,1H3,(H,25,26). The summed E-state index contributed by atoms with van der Waals surface area (Å²) in [6.45, 7) is 1.79. The highest BCUT2D eigenvalue weighted by atomic mass is 19.1. The first-order valence-corrected chi connectivity index (χ1v) is 8.06. The average Bonchev–Trinajstić information content (AvgIpc) is 3.09. The van der Waals surface area contributed by atoms with E-state index in [1.165, 1.54) is 30.5 Å². The molecule has 0 spiro atoms. The topological polar surface area (TPSA) is 85.3 Å². The van der Waals surface area contributed by atoms with Crippen LogP contribution in [0.2, 0.25) is 0 Å². The molecule has 0 bridgehead atoms. The van der Waals surface area contributed by atoms with E-state index in [0.717, 1.165) is 0 Å². The lowest BCUT2D eigenvalue weighted by molar-refractivity contribution is 0.0695. The number of aryl methyl sites for hydroxylation is 1. The van der Waals surface area contributed by atoms with Crippen molar-refractivity contribution in [1.29, 1.82) is 0 Å². The molecule has 0 atom stereocenters. The number of rotatable bonds is 3. The van der Waals surface area contributed by atoms with Gasteiger partial charge in [-0.2, -0.15) is 0 Å². The Balaban J connectivity index is 2.05. The Morgan fingerprint density at radius 3 is 2.52 bits per heavy atom. The van der Waals surface area contributed by atoms with E-state index in [1.807, 2.05) is 0 Å². The number of carboxylic acid groups (broad SMARTS) is 1. The molecule has 1 N–H and O–H groups in total. The van der Waals surface area contributed by atoms with Crippen LogP contribution in [0.3, 0.4) is 0 Å². The summed E-state index contributed by atoms with van der Waals surface area (Å²) in [5.41, 5.74) is 1.44. The van der Waals surface area contributed by atoms with Gasteiger partial charge in [0.1, 0.15) is 11.4 Å². The van der Waals surface area contributed by atoms with Gasteiger partial charge in [-0.25, -0.2) is 9.18 Å². The second-order valence-corrected chi connectivity index (χ2v) is 6.09. The Morgan fingerprint density at radius 2 is 1.89 bits per heavy atom. The number of halogens is 1. The fourth-order valence-corrected chi connectivity index (χ4v) is 2.95. The molecule has 6 nitrogen and oxygen atoms in total. The molecular formula is C20H13FN2O4. The average molecular weight is 364 g/mol. The number of pyridine rings is 1. The highest BCUT2D eigenvalue weighted by molar-refractivity contribution is 5.94. The second kappa shape index (κ2) is 6.21. The van der Waals surface area contributed by atoms with Crippen molar-refractivity contribution in [3.63, 3.8) is 0 Å². The molecular weight excluding hydrogens is 351 g/mol. The number of carbonyl (C=O) groups is 1. The number of benzene rings is 2. The quantitative estimate of drug-likeness (QED) is 0.598. The summed E-state index contributed by atoms with van der Waals surface area (Å²) in [5, 5.41) is 13.5. The number of hydrogen-bond donors (Lipinski definition) is 1. The molecule has 7 heteroatoms. The van der Waals surface area contributed by atoms with E-state index in [4.69, 9.17) is 4.52 Å². The van der Waals surface area contributed by atoms with Gasteiger partial charge in [0.15, 0.2) is 5.76 Å². The van der Waals surface area contributed by atoms with E-state index in [-0.39, 0.29) is 10.9 Å². The summed E-state index contributed by atoms with van der Waals surface area (Å²) < 4.78 is 20.1. The first kappa shape index (κ1) is 16.7. The number of hydrogen-bond acceptors (Lipinski definition) is 4. The first-order valence-electron chi connectivity index (χ1n) is 8.06. The number of aromatic nitrogens is 2. The van der Waals surface area contributed by atoms with Gasteiger partial charge in [-0.1, -0.05) is 11.2 Å². The maximum absolute atomic E-state index is 13.3. The van der Waals surface area contributed by atoms with Gasteiger partial charge in [0.25, 0.3) is 0 Å². The fraction of sp³-hybridized carbons (Fsp3) is 0.0500. The van der Waals surface area contributed by atoms with Crippen LogP contribution >= 0.6 is 0 Å². The van der Waals surface area contributed by atoms with Gasteiger partial charge in [0, 0.05) is 28.9 Å². The van der Waals surface area contributed by atoms with Gasteiger partial charge in [0.2, 0.25) is 5.43 Å². The van der Waals surface area contributed by atoms with Crippen LogP contribution in [0, 0.1) is 12.7 Å². The molecule has 0 unspecified atom stereocenters. The maximum Gasteiger partial charge on any atom is 0.341 e. The van der Waals surface area contributed by atoms with E-state index in [1.54, 1.807) is 35.8 Å². The van der Waals surface area contributed by atoms with Crippen LogP contribution in [-0.4, -0.2) is 20.8 Å². The lowest BCUT2D eigenvalue weighted by atomic mass is 10.1. The summed E-state index contributed by atoms with van der Waals surface area (Å²) in [7, 11) is 0. The van der Waals surface area contributed by atoms with Gasteiger partial charge in [-0.05, 0) is 43.3 Å². The normalized spacial score (nSPS) is 11.0. The first-order chi connectivity index (χ1) is 12.9. The van der Waals surface area contributed by atoms with Gasteiger partial charge in [0.05, 0.1) is 11.2 Å². The molecule has 0 fully saturated rings. The highest BCUT2D eigenvalue weighted by Crippen LogP contribution is 2.26. The lowest BCUT2D eigenvalue weighted by Gasteiger charge is -2.13. The molecule has 27 heavy (non-hydrogen) atoms. The number of fused-ring (bicyclic) bond motifs is 1. The Kier molecular flexibility index (Phi) is 3.84. The third-order valence-corrected chi connectivity index (χ3v) is 4.25. The molecule has 0 aliphatic heterocycles. The summed E-state index contributed by atoms with van der Waals surface area (Å²) in [6.07, 6.45) is 1.25. The molecule has 0 aliphatic rings. The summed E-state index contributed by atoms with van der Waals surface area (Å²) >= 11 is 0. The van der Waals surface area contributed by atoms with Gasteiger partial charge >= 0.3 is 5.97 Å². The summed E-state index contributed by atoms with van der Waals surface area (Å²) in [5.74, 6) is -1.22. The van der Waals surface area contributed by atoms with Gasteiger partial charge in [-0.3, -0.25) is 4.79 Å². The van der Waals surface area contributed by atoms with E-state index in [9.17, 15) is 19.1 Å². The van der Waals surface area contributed by atoms with Crippen LogP contribution in [0.1, 0.15) is 16.1 Å². The third-order valence-electron chi connectivity index (χ3n) is 4.25. The minimum atomic E-state index is -1.33. The molecule has 2 aromatic carbocycles. The monoisotopic (exact) mass is 364 g/mol. The minimum Gasteiger partial charge on any atom is -0.477 e. The van der Waals surface area contributed by atoms with Crippen molar-refractivity contribution in [2.24, 2.45) is 0 Å². The zero-order valence-electron chi connectivity index (χ0n) is 14.1. The summed E-state index contributed by atoms with van der Waals surface area (Å²) in [4.78, 5) is 24.1. The van der Waals surface area contributed by atoms with Crippen LogP contribution in [0.4, 0.5) is 4.39 Å². The van der Waals surface area contributed by atoms with E-state index >= 15 is 0 Å². The van der Waals surface area contributed by atoms with E-state index in [2.05, 4.69) is 5.16 Å². The van der Waals surface area contributed by atoms with Crippen LogP contribution in [0.25, 0.3) is 27.9 Å². The fourth-order valence-electron chi connectivity index (χ4n) is 2.95. The molecule has 2 heterocycles. The van der Waals surface area contributed by atoms with Crippen molar-refractivity contribution < 1.29 is 18.8 Å². The third kappa shape index (κ3) is 2.89. The Labute approximate surface area is 152 Å². The summed E-state index contributed by atoms with van der Waals surface area (Å²) in [6, 6.07) is 12.2. The molecule has 4 aromatic rings. The maximum atomic E-state index is 13.3. The Hall–Kier alpha value is -3.74. The molecule has 0 saturated carbocycles. The molecule has 0 amide bonds. The zero-order chi connectivity index (χ0) is 19.1. The van der Waals surface area contributed by atoms with Crippen molar-refractivity contribution in [1.82, 2.24) is 9.72 Å². The van der Waals surface area contributed by atoms with Crippen molar-refractivity contribution in [2.45, 2.75) is 6.92 Å². The van der Waals surface area contributed by atoms with Crippen LogP contribution in [0.15, 0.2) is 64.0 Å². The minimum absolute atomic E-state index is 0.235. The van der Waals surface area contributed by atoms with Crippen molar-refractivity contribution in [3.05, 3.63) is 82.0 Å². The Morgan fingerprint density at radius 1 is 1.15 bits per heavy atom. The van der Waals surface area contributed by atoms with E-state index < -0.39 is 17.2 Å². The number of carboxylic acids is 1. The SMILES string of the molecule is Cc1cc(-c2ccc3c(=O)c(C(=O)O)cn(-c4ccc(F)cc4)c3c2)on1. The van der Waals surface area contributed by atoms with Crippen LogP contribution < -0.4 is 5.43 Å². The zero-order valence-corrected chi connectivity index (χ0v) is 14.1. The number of aromatic carboxylic acids is 1. The van der Waals surface area contributed by atoms with Gasteiger partial charge in [-0.15, -0.1) is 0 Å². The molecule has 0 saturated heterocycles. The molecule has 0 radical (unpaired) electrons. The van der Waals surface area contributed by atoms with Crippen molar-refractivity contribution >= 4 is 16.9 Å². The predicted molar refractivity (Wildman–Crippen MR) is 96.7 cm³/mol. The smallest absolute Gasteiger partial charge is 0.341 e. The van der Waals surface area contributed by atoms with E-state index in [0.29, 0.717) is 28.2 Å². The van der Waals surface area contributed by atoms with Gasteiger partial charge < -0.3 is 14.2 Å². The Bertz CT molecular complexity index is 1240. The van der Waals surface area contributed by atoms with Crippen LogP contribution in [-0.2, 0) is 0 Å². The molecule has 134 valence electrons. The molecule has 4 rings (SSSR count). The lowest BCUT2D eigenvalue weighted by Crippen LogP contribution is -2.18. The van der Waals surface area contributed by atoms with Crippen molar-refractivity contribution in [2.75, 3.05) is 0 Å².